The molecule has 1 saturated carbocycles. The SMILES string of the molecule is CC(C)CC(CCc1ccc(CS(=O)(=O)C(C)C)cc1)C1(c2ccc(Cl)cc2)CCC1. The maximum atomic E-state index is 12.2. The van der Waals surface area contributed by atoms with Crippen LogP contribution in [0.2, 0.25) is 5.02 Å². The number of sulfone groups is 1. The van der Waals surface area contributed by atoms with Gasteiger partial charge in [0, 0.05) is 5.02 Å². The van der Waals surface area contributed by atoms with Gasteiger partial charge >= 0.3 is 0 Å². The Bertz CT molecular complexity index is 940. The Morgan fingerprint density at radius 2 is 1.48 bits per heavy atom. The Morgan fingerprint density at radius 1 is 0.903 bits per heavy atom. The van der Waals surface area contributed by atoms with Gasteiger partial charge in [0.05, 0.1) is 11.0 Å². The van der Waals surface area contributed by atoms with Gasteiger partial charge in [-0.05, 0) is 92.0 Å². The molecule has 3 rings (SSSR count). The first-order valence-electron chi connectivity index (χ1n) is 11.7. The van der Waals surface area contributed by atoms with Crippen molar-refractivity contribution in [1.82, 2.24) is 0 Å². The smallest absolute Gasteiger partial charge is 0.156 e. The molecule has 1 fully saturated rings. The molecular weight excluding hydrogens is 424 g/mol. The molecule has 0 heterocycles. The van der Waals surface area contributed by atoms with Crippen LogP contribution in [0.3, 0.4) is 0 Å². The fourth-order valence-electron chi connectivity index (χ4n) is 5.00. The summed E-state index contributed by atoms with van der Waals surface area (Å²) in [5.41, 5.74) is 3.90. The normalized spacial score (nSPS) is 17.0. The zero-order valence-electron chi connectivity index (χ0n) is 19.4. The van der Waals surface area contributed by atoms with E-state index in [1.807, 2.05) is 24.3 Å². The van der Waals surface area contributed by atoms with Gasteiger partial charge in [-0.3, -0.25) is 0 Å². The van der Waals surface area contributed by atoms with Gasteiger partial charge in [-0.2, -0.15) is 0 Å². The number of aryl methyl sites for hydroxylation is 1. The molecule has 0 bridgehead atoms. The fourth-order valence-corrected chi connectivity index (χ4v) is 6.12. The van der Waals surface area contributed by atoms with Gasteiger partial charge in [-0.25, -0.2) is 8.42 Å². The van der Waals surface area contributed by atoms with Gasteiger partial charge in [-0.15, -0.1) is 0 Å². The molecule has 0 spiro atoms. The van der Waals surface area contributed by atoms with Crippen molar-refractivity contribution in [2.24, 2.45) is 11.8 Å². The number of halogens is 1. The van der Waals surface area contributed by atoms with Gasteiger partial charge in [-0.1, -0.05) is 68.3 Å². The molecule has 31 heavy (non-hydrogen) atoms. The quantitative estimate of drug-likeness (QED) is 0.370. The number of benzene rings is 2. The highest BCUT2D eigenvalue weighted by Gasteiger charge is 2.44. The summed E-state index contributed by atoms with van der Waals surface area (Å²) in [6.07, 6.45) is 7.24. The van der Waals surface area contributed by atoms with Crippen LogP contribution in [0.25, 0.3) is 0 Å². The first-order chi connectivity index (χ1) is 14.6. The molecule has 1 atom stereocenters. The lowest BCUT2D eigenvalue weighted by atomic mass is 9.55. The molecule has 1 aliphatic rings. The summed E-state index contributed by atoms with van der Waals surface area (Å²) in [5.74, 6) is 1.43. The lowest BCUT2D eigenvalue weighted by Gasteiger charge is -2.49. The van der Waals surface area contributed by atoms with Crippen LogP contribution in [0.1, 0.15) is 76.5 Å². The first kappa shape index (κ1) is 24.3. The summed E-state index contributed by atoms with van der Waals surface area (Å²) in [5, 5.41) is 0.466. The van der Waals surface area contributed by atoms with Crippen LogP contribution in [0, 0.1) is 11.8 Å². The van der Waals surface area contributed by atoms with Crippen molar-refractivity contribution in [3.63, 3.8) is 0 Å². The molecule has 0 saturated heterocycles. The molecule has 1 aliphatic carbocycles. The highest BCUT2D eigenvalue weighted by molar-refractivity contribution is 7.91. The van der Waals surface area contributed by atoms with E-state index >= 15 is 0 Å². The summed E-state index contributed by atoms with van der Waals surface area (Å²) < 4.78 is 24.4. The van der Waals surface area contributed by atoms with Crippen LogP contribution in [0.15, 0.2) is 48.5 Å². The van der Waals surface area contributed by atoms with E-state index in [1.165, 1.54) is 36.8 Å². The summed E-state index contributed by atoms with van der Waals surface area (Å²) >= 11 is 6.16. The van der Waals surface area contributed by atoms with Crippen LogP contribution < -0.4 is 0 Å². The molecule has 2 aromatic carbocycles. The molecule has 170 valence electrons. The van der Waals surface area contributed by atoms with E-state index in [1.54, 1.807) is 13.8 Å². The van der Waals surface area contributed by atoms with Gasteiger partial charge in [0.25, 0.3) is 0 Å². The lowest BCUT2D eigenvalue weighted by molar-refractivity contribution is 0.117. The van der Waals surface area contributed by atoms with E-state index in [-0.39, 0.29) is 16.4 Å². The summed E-state index contributed by atoms with van der Waals surface area (Å²) in [7, 11) is -3.06. The Balaban J connectivity index is 1.72. The van der Waals surface area contributed by atoms with Crippen LogP contribution in [0.5, 0.6) is 0 Å². The number of hydrogen-bond donors (Lipinski definition) is 0. The molecule has 0 aliphatic heterocycles. The van der Waals surface area contributed by atoms with Crippen LogP contribution in [0.4, 0.5) is 0 Å². The van der Waals surface area contributed by atoms with Gasteiger partial charge in [0.2, 0.25) is 0 Å². The van der Waals surface area contributed by atoms with Crippen molar-refractivity contribution in [3.05, 3.63) is 70.2 Å². The molecular formula is C27H37ClO2S. The highest BCUT2D eigenvalue weighted by Crippen LogP contribution is 2.52. The molecule has 0 aromatic heterocycles. The summed E-state index contributed by atoms with van der Waals surface area (Å²) in [6, 6.07) is 16.8. The second kappa shape index (κ2) is 10.1. The lowest BCUT2D eigenvalue weighted by Crippen LogP contribution is -2.42. The van der Waals surface area contributed by atoms with E-state index in [0.717, 1.165) is 23.4 Å². The Morgan fingerprint density at radius 3 is 1.97 bits per heavy atom. The first-order valence-corrected chi connectivity index (χ1v) is 13.8. The minimum atomic E-state index is -3.06. The van der Waals surface area contributed by atoms with E-state index in [4.69, 9.17) is 11.6 Å². The second-order valence-corrected chi connectivity index (χ2v) is 13.0. The third-order valence-electron chi connectivity index (χ3n) is 7.09. The molecule has 4 heteroatoms. The summed E-state index contributed by atoms with van der Waals surface area (Å²) in [4.78, 5) is 0. The molecule has 0 radical (unpaired) electrons. The predicted molar refractivity (Wildman–Crippen MR) is 132 cm³/mol. The molecule has 0 N–H and O–H groups in total. The monoisotopic (exact) mass is 460 g/mol. The Kier molecular flexibility index (Phi) is 7.91. The van der Waals surface area contributed by atoms with Crippen LogP contribution >= 0.6 is 11.6 Å². The zero-order valence-corrected chi connectivity index (χ0v) is 21.0. The summed E-state index contributed by atoms with van der Waals surface area (Å²) in [6.45, 7) is 8.14. The van der Waals surface area contributed by atoms with Gasteiger partial charge < -0.3 is 0 Å². The fraction of sp³-hybridized carbons (Fsp3) is 0.556. The predicted octanol–water partition coefficient (Wildman–Crippen LogP) is 7.38. The van der Waals surface area contributed by atoms with E-state index in [9.17, 15) is 8.42 Å². The van der Waals surface area contributed by atoms with Crippen LogP contribution in [-0.4, -0.2) is 13.7 Å². The zero-order chi connectivity index (χ0) is 22.6. The molecule has 0 amide bonds. The van der Waals surface area contributed by atoms with Crippen molar-refractivity contribution in [2.45, 2.75) is 82.6 Å². The highest BCUT2D eigenvalue weighted by atomic mass is 35.5. The van der Waals surface area contributed by atoms with Crippen molar-refractivity contribution in [1.29, 1.82) is 0 Å². The standard InChI is InChI=1S/C27H37ClO2S/c1-20(2)18-25(27(16-5-17-27)24-12-14-26(28)15-13-24)11-10-22-6-8-23(9-7-22)19-31(29,30)21(3)4/h6-9,12-15,20-21,25H,5,10-11,16-19H2,1-4H3. The minimum absolute atomic E-state index is 0.126. The third kappa shape index (κ3) is 5.93. The third-order valence-corrected chi connectivity index (χ3v) is 9.52. The van der Waals surface area contributed by atoms with Crippen molar-refractivity contribution >= 4 is 21.4 Å². The molecule has 2 aromatic rings. The Labute approximate surface area is 194 Å². The van der Waals surface area contributed by atoms with E-state index in [0.29, 0.717) is 11.8 Å². The Hall–Kier alpha value is -1.32. The van der Waals surface area contributed by atoms with Crippen LogP contribution in [-0.2, 0) is 27.4 Å². The number of rotatable bonds is 10. The van der Waals surface area contributed by atoms with E-state index in [2.05, 4.69) is 38.1 Å². The van der Waals surface area contributed by atoms with Crippen molar-refractivity contribution in [3.8, 4) is 0 Å². The minimum Gasteiger partial charge on any atom is -0.228 e. The average Bonchev–Trinajstić information content (AvgIpc) is 2.67. The maximum Gasteiger partial charge on any atom is 0.156 e. The van der Waals surface area contributed by atoms with E-state index < -0.39 is 9.84 Å². The van der Waals surface area contributed by atoms with Crippen molar-refractivity contribution in [2.75, 3.05) is 0 Å². The average molecular weight is 461 g/mol. The largest absolute Gasteiger partial charge is 0.228 e. The maximum absolute atomic E-state index is 12.2. The topological polar surface area (TPSA) is 34.1 Å². The molecule has 2 nitrogen and oxygen atoms in total. The second-order valence-electron chi connectivity index (χ2n) is 10.1. The van der Waals surface area contributed by atoms with Gasteiger partial charge in [0.1, 0.15) is 0 Å². The van der Waals surface area contributed by atoms with Crippen molar-refractivity contribution < 1.29 is 8.42 Å². The molecule has 1 unspecified atom stereocenters. The van der Waals surface area contributed by atoms with Gasteiger partial charge in [0.15, 0.2) is 9.84 Å². The number of hydrogen-bond acceptors (Lipinski definition) is 2.